The first-order valence-electron chi connectivity index (χ1n) is 5.53. The maximum absolute atomic E-state index is 12.2. The molecule has 0 aromatic carbocycles. The summed E-state index contributed by atoms with van der Waals surface area (Å²) >= 11 is 1.21. The van der Waals surface area contributed by atoms with Crippen LogP contribution < -0.4 is 4.72 Å². The first-order valence-corrected chi connectivity index (χ1v) is 7.96. The summed E-state index contributed by atoms with van der Waals surface area (Å²) in [6, 6.07) is 0. The minimum Gasteiger partial charge on any atom is -0.469 e. The SMILES string of the molecule is COC(=O)C1CCCC1S(=O)(=O)Nc1nccs1. The second-order valence-electron chi connectivity index (χ2n) is 4.08. The van der Waals surface area contributed by atoms with Crippen molar-refractivity contribution in [1.29, 1.82) is 0 Å². The zero-order valence-corrected chi connectivity index (χ0v) is 11.5. The van der Waals surface area contributed by atoms with Crippen molar-refractivity contribution in [1.82, 2.24) is 4.98 Å². The van der Waals surface area contributed by atoms with Crippen molar-refractivity contribution in [3.63, 3.8) is 0 Å². The molecule has 1 saturated carbocycles. The number of hydrogen-bond acceptors (Lipinski definition) is 6. The van der Waals surface area contributed by atoms with Gasteiger partial charge in [0.25, 0.3) is 0 Å². The van der Waals surface area contributed by atoms with Crippen molar-refractivity contribution in [3.05, 3.63) is 11.6 Å². The van der Waals surface area contributed by atoms with Crippen molar-refractivity contribution in [3.8, 4) is 0 Å². The van der Waals surface area contributed by atoms with Gasteiger partial charge in [-0.3, -0.25) is 9.52 Å². The molecule has 2 unspecified atom stereocenters. The van der Waals surface area contributed by atoms with Crippen molar-refractivity contribution in [2.75, 3.05) is 11.8 Å². The number of ether oxygens (including phenoxy) is 1. The fourth-order valence-corrected chi connectivity index (χ4v) is 4.71. The number of esters is 1. The summed E-state index contributed by atoms with van der Waals surface area (Å²) in [6.45, 7) is 0. The van der Waals surface area contributed by atoms with Gasteiger partial charge in [0.05, 0.1) is 18.3 Å². The summed E-state index contributed by atoms with van der Waals surface area (Å²) in [5.41, 5.74) is 0. The number of sulfonamides is 1. The molecule has 1 aromatic heterocycles. The molecule has 0 saturated heterocycles. The van der Waals surface area contributed by atoms with Gasteiger partial charge >= 0.3 is 5.97 Å². The predicted octanol–water partition coefficient (Wildman–Crippen LogP) is 1.23. The number of thiazole rings is 1. The van der Waals surface area contributed by atoms with Gasteiger partial charge in [-0.05, 0) is 12.8 Å². The Hall–Kier alpha value is -1.15. The van der Waals surface area contributed by atoms with Crippen LogP contribution in [0.25, 0.3) is 0 Å². The number of hydrogen-bond donors (Lipinski definition) is 1. The summed E-state index contributed by atoms with van der Waals surface area (Å²) in [7, 11) is -2.31. The lowest BCUT2D eigenvalue weighted by molar-refractivity contribution is -0.145. The number of aromatic nitrogens is 1. The van der Waals surface area contributed by atoms with E-state index in [1.54, 1.807) is 5.38 Å². The highest BCUT2D eigenvalue weighted by atomic mass is 32.2. The van der Waals surface area contributed by atoms with Crippen LogP contribution >= 0.6 is 11.3 Å². The van der Waals surface area contributed by atoms with E-state index in [9.17, 15) is 13.2 Å². The second-order valence-corrected chi connectivity index (χ2v) is 6.88. The maximum Gasteiger partial charge on any atom is 0.310 e. The molecule has 1 aliphatic carbocycles. The topological polar surface area (TPSA) is 85.4 Å². The molecule has 0 amide bonds. The zero-order valence-electron chi connectivity index (χ0n) is 9.83. The molecule has 1 fully saturated rings. The average molecular weight is 290 g/mol. The van der Waals surface area contributed by atoms with Crippen LogP contribution in [0.2, 0.25) is 0 Å². The monoisotopic (exact) mass is 290 g/mol. The first kappa shape index (κ1) is 13.3. The lowest BCUT2D eigenvalue weighted by Gasteiger charge is -2.17. The Bertz CT molecular complexity index is 512. The summed E-state index contributed by atoms with van der Waals surface area (Å²) in [5.74, 6) is -1.03. The van der Waals surface area contributed by atoms with Gasteiger partial charge in [-0.2, -0.15) is 0 Å². The van der Waals surface area contributed by atoms with Gasteiger partial charge in [-0.15, -0.1) is 11.3 Å². The van der Waals surface area contributed by atoms with Gasteiger partial charge in [0.1, 0.15) is 0 Å². The van der Waals surface area contributed by atoms with Crippen molar-refractivity contribution in [2.24, 2.45) is 5.92 Å². The molecule has 1 aromatic rings. The van der Waals surface area contributed by atoms with Crippen LogP contribution in [0.3, 0.4) is 0 Å². The van der Waals surface area contributed by atoms with E-state index in [1.807, 2.05) is 0 Å². The van der Waals surface area contributed by atoms with Crippen molar-refractivity contribution < 1.29 is 17.9 Å². The second kappa shape index (κ2) is 5.23. The Kier molecular flexibility index (Phi) is 3.86. The number of anilines is 1. The maximum atomic E-state index is 12.2. The molecule has 2 rings (SSSR count). The molecule has 8 heteroatoms. The van der Waals surface area contributed by atoms with Crippen molar-refractivity contribution in [2.45, 2.75) is 24.5 Å². The van der Waals surface area contributed by atoms with Gasteiger partial charge < -0.3 is 4.74 Å². The fourth-order valence-electron chi connectivity index (χ4n) is 2.19. The molecule has 100 valence electrons. The van der Waals surface area contributed by atoms with Gasteiger partial charge in [0, 0.05) is 11.6 Å². The quantitative estimate of drug-likeness (QED) is 0.843. The molecule has 1 N–H and O–H groups in total. The minimum absolute atomic E-state index is 0.325. The largest absolute Gasteiger partial charge is 0.469 e. The summed E-state index contributed by atoms with van der Waals surface area (Å²) in [5, 5.41) is 1.28. The molecule has 0 spiro atoms. The van der Waals surface area contributed by atoms with E-state index in [4.69, 9.17) is 0 Å². The molecule has 0 bridgehead atoms. The number of nitrogens with zero attached hydrogens (tertiary/aromatic N) is 1. The third-order valence-corrected chi connectivity index (χ3v) is 5.67. The average Bonchev–Trinajstić information content (AvgIpc) is 2.97. The van der Waals surface area contributed by atoms with E-state index in [-0.39, 0.29) is 0 Å². The van der Waals surface area contributed by atoms with Crippen LogP contribution in [0.15, 0.2) is 11.6 Å². The molecule has 1 aliphatic rings. The molecule has 0 aliphatic heterocycles. The number of carbonyl (C=O) groups is 1. The fraction of sp³-hybridized carbons (Fsp3) is 0.600. The van der Waals surface area contributed by atoms with Crippen LogP contribution in [0.1, 0.15) is 19.3 Å². The number of rotatable bonds is 4. The predicted molar refractivity (Wildman–Crippen MR) is 67.8 cm³/mol. The van der Waals surface area contributed by atoms with Gasteiger partial charge in [-0.1, -0.05) is 6.42 Å². The Labute approximate surface area is 109 Å². The van der Waals surface area contributed by atoms with E-state index in [0.29, 0.717) is 24.4 Å². The Morgan fingerprint density at radius 2 is 2.33 bits per heavy atom. The summed E-state index contributed by atoms with van der Waals surface area (Å²) in [4.78, 5) is 15.4. The minimum atomic E-state index is -3.59. The van der Waals surface area contributed by atoms with Gasteiger partial charge in [-0.25, -0.2) is 13.4 Å². The number of carbonyl (C=O) groups excluding carboxylic acids is 1. The summed E-state index contributed by atoms with van der Waals surface area (Å²) in [6.07, 6.45) is 3.26. The molecular formula is C10H14N2O4S2. The number of methoxy groups -OCH3 is 1. The zero-order chi connectivity index (χ0) is 13.2. The molecule has 0 radical (unpaired) electrons. The Balaban J connectivity index is 2.16. The third-order valence-electron chi connectivity index (χ3n) is 3.02. The lowest BCUT2D eigenvalue weighted by Crippen LogP contribution is -2.35. The first-order chi connectivity index (χ1) is 8.54. The van der Waals surface area contributed by atoms with Crippen LogP contribution in [-0.4, -0.2) is 31.7 Å². The van der Waals surface area contributed by atoms with E-state index >= 15 is 0 Å². The Morgan fingerprint density at radius 3 is 2.94 bits per heavy atom. The number of nitrogens with one attached hydrogen (secondary N) is 1. The van der Waals surface area contributed by atoms with E-state index in [0.717, 1.165) is 0 Å². The van der Waals surface area contributed by atoms with Crippen LogP contribution in [-0.2, 0) is 19.6 Å². The normalized spacial score (nSPS) is 23.8. The standard InChI is InChI=1S/C10H14N2O4S2/c1-16-9(13)7-3-2-4-8(7)18(14,15)12-10-11-5-6-17-10/h5-8H,2-4H2,1H3,(H,11,12). The van der Waals surface area contributed by atoms with E-state index in [1.165, 1.54) is 24.6 Å². The van der Waals surface area contributed by atoms with E-state index < -0.39 is 27.2 Å². The molecule has 2 atom stereocenters. The molecule has 18 heavy (non-hydrogen) atoms. The van der Waals surface area contributed by atoms with Gasteiger partial charge in [0.2, 0.25) is 10.0 Å². The highest BCUT2D eigenvalue weighted by Crippen LogP contribution is 2.33. The highest BCUT2D eigenvalue weighted by molar-refractivity contribution is 7.93. The van der Waals surface area contributed by atoms with Crippen molar-refractivity contribution >= 4 is 32.5 Å². The lowest BCUT2D eigenvalue weighted by atomic mass is 10.1. The summed E-state index contributed by atoms with van der Waals surface area (Å²) < 4.78 is 31.4. The highest BCUT2D eigenvalue weighted by Gasteiger charge is 2.42. The third kappa shape index (κ3) is 2.64. The van der Waals surface area contributed by atoms with Crippen LogP contribution in [0.4, 0.5) is 5.13 Å². The van der Waals surface area contributed by atoms with Crippen LogP contribution in [0, 0.1) is 5.92 Å². The Morgan fingerprint density at radius 1 is 1.56 bits per heavy atom. The molecule has 6 nitrogen and oxygen atoms in total. The molecule has 1 heterocycles. The van der Waals surface area contributed by atoms with E-state index in [2.05, 4.69) is 14.4 Å². The van der Waals surface area contributed by atoms with Gasteiger partial charge in [0.15, 0.2) is 5.13 Å². The smallest absolute Gasteiger partial charge is 0.310 e. The van der Waals surface area contributed by atoms with Crippen LogP contribution in [0.5, 0.6) is 0 Å². The molecular weight excluding hydrogens is 276 g/mol.